The Morgan fingerprint density at radius 3 is 3.00 bits per heavy atom. The zero-order valence-corrected chi connectivity index (χ0v) is 7.01. The number of nitriles is 1. The molecule has 2 rings (SSSR count). The van der Waals surface area contributed by atoms with Crippen LogP contribution < -0.4 is 10.6 Å². The molecule has 0 aliphatic heterocycles. The molecule has 1 aromatic heterocycles. The summed E-state index contributed by atoms with van der Waals surface area (Å²) in [7, 11) is 0. The number of nitrogens with zero attached hydrogens (tertiary/aromatic N) is 4. The monoisotopic (exact) mass is 187 g/mol. The molecule has 1 aromatic carbocycles. The Morgan fingerprint density at radius 1 is 1.50 bits per heavy atom. The number of hydrogen-bond donors (Lipinski definition) is 1. The van der Waals surface area contributed by atoms with Gasteiger partial charge in [0.25, 0.3) is 11.5 Å². The van der Waals surface area contributed by atoms with Gasteiger partial charge < -0.3 is 10.9 Å². The van der Waals surface area contributed by atoms with Gasteiger partial charge in [-0.25, -0.2) is 4.98 Å². The standard InChI is InChI=1S/C8H5N5O/c9-4-5-1-2-6-7(3-5)13(14)12-8(10)11-6/h1-3H,(H2,10,11,12). The maximum absolute atomic E-state index is 11.2. The van der Waals surface area contributed by atoms with E-state index in [0.717, 1.165) is 0 Å². The van der Waals surface area contributed by atoms with Gasteiger partial charge in [-0.3, -0.25) is 0 Å². The average molecular weight is 187 g/mol. The average Bonchev–Trinajstić information content (AvgIpc) is 2.17. The lowest BCUT2D eigenvalue weighted by Crippen LogP contribution is -2.33. The Kier molecular flexibility index (Phi) is 1.65. The Balaban J connectivity index is 2.84. The molecule has 0 saturated heterocycles. The summed E-state index contributed by atoms with van der Waals surface area (Å²) >= 11 is 0. The van der Waals surface area contributed by atoms with E-state index in [1.54, 1.807) is 12.1 Å². The van der Waals surface area contributed by atoms with Crippen molar-refractivity contribution in [3.63, 3.8) is 0 Å². The maximum atomic E-state index is 11.2. The van der Waals surface area contributed by atoms with Gasteiger partial charge in [-0.2, -0.15) is 5.26 Å². The van der Waals surface area contributed by atoms with Gasteiger partial charge in [0.05, 0.1) is 16.7 Å². The van der Waals surface area contributed by atoms with Gasteiger partial charge in [0.1, 0.15) is 5.52 Å². The Labute approximate surface area is 78.8 Å². The summed E-state index contributed by atoms with van der Waals surface area (Å²) in [6, 6.07) is 6.46. The number of benzene rings is 1. The van der Waals surface area contributed by atoms with Crippen LogP contribution in [0.3, 0.4) is 0 Å². The van der Waals surface area contributed by atoms with Crippen LogP contribution in [0.2, 0.25) is 0 Å². The van der Waals surface area contributed by atoms with Crippen molar-refractivity contribution >= 4 is 17.0 Å². The lowest BCUT2D eigenvalue weighted by atomic mass is 10.2. The molecule has 0 unspecified atom stereocenters. The second-order valence-corrected chi connectivity index (χ2v) is 2.66. The van der Waals surface area contributed by atoms with E-state index in [-0.39, 0.29) is 11.5 Å². The Hall–Kier alpha value is -2.42. The first-order chi connectivity index (χ1) is 6.70. The van der Waals surface area contributed by atoms with Crippen LogP contribution in [0.5, 0.6) is 0 Å². The number of anilines is 1. The molecule has 0 aliphatic carbocycles. The molecule has 6 nitrogen and oxygen atoms in total. The highest BCUT2D eigenvalue weighted by Crippen LogP contribution is 2.09. The Bertz CT molecular complexity index is 545. The molecule has 0 spiro atoms. The van der Waals surface area contributed by atoms with Crippen molar-refractivity contribution in [3.05, 3.63) is 29.0 Å². The van der Waals surface area contributed by atoms with E-state index in [4.69, 9.17) is 11.0 Å². The van der Waals surface area contributed by atoms with Crippen molar-refractivity contribution in [1.29, 1.82) is 5.26 Å². The van der Waals surface area contributed by atoms with Crippen LogP contribution in [-0.4, -0.2) is 10.1 Å². The SMILES string of the molecule is N#Cc1ccc2nc(N)n[n+]([O-])c2c1. The quantitative estimate of drug-likeness (QED) is 0.451. The molecule has 0 radical (unpaired) electrons. The normalized spacial score (nSPS) is 9.93. The third-order valence-electron chi connectivity index (χ3n) is 1.74. The van der Waals surface area contributed by atoms with Crippen LogP contribution in [0.4, 0.5) is 5.95 Å². The van der Waals surface area contributed by atoms with E-state index in [1.807, 2.05) is 6.07 Å². The first-order valence-electron chi connectivity index (χ1n) is 3.78. The van der Waals surface area contributed by atoms with Crippen LogP contribution in [0.25, 0.3) is 11.0 Å². The van der Waals surface area contributed by atoms with E-state index < -0.39 is 0 Å². The third-order valence-corrected chi connectivity index (χ3v) is 1.74. The molecule has 0 fully saturated rings. The smallest absolute Gasteiger partial charge is 0.288 e. The summed E-state index contributed by atoms with van der Waals surface area (Å²) in [6.07, 6.45) is 0. The van der Waals surface area contributed by atoms with Crippen molar-refractivity contribution in [1.82, 2.24) is 10.1 Å². The molecule has 1 heterocycles. The number of aromatic nitrogens is 3. The van der Waals surface area contributed by atoms with Gasteiger partial charge in [-0.15, -0.1) is 0 Å². The van der Waals surface area contributed by atoms with E-state index in [0.29, 0.717) is 15.9 Å². The number of hydrogen-bond acceptors (Lipinski definition) is 5. The molecule has 6 heteroatoms. The first kappa shape index (κ1) is 8.19. The second kappa shape index (κ2) is 2.81. The predicted molar refractivity (Wildman–Crippen MR) is 47.6 cm³/mol. The van der Waals surface area contributed by atoms with Gasteiger partial charge in [0, 0.05) is 6.07 Å². The highest BCUT2D eigenvalue weighted by atomic mass is 16.5. The second-order valence-electron chi connectivity index (χ2n) is 2.66. The van der Waals surface area contributed by atoms with Gasteiger partial charge in [-0.1, -0.05) is 0 Å². The Morgan fingerprint density at radius 2 is 2.29 bits per heavy atom. The van der Waals surface area contributed by atoms with Crippen molar-refractivity contribution in [2.45, 2.75) is 0 Å². The van der Waals surface area contributed by atoms with Gasteiger partial charge >= 0.3 is 0 Å². The summed E-state index contributed by atoms with van der Waals surface area (Å²) in [6.45, 7) is 0. The van der Waals surface area contributed by atoms with Crippen molar-refractivity contribution in [2.24, 2.45) is 0 Å². The molecular formula is C8H5N5O. The van der Waals surface area contributed by atoms with E-state index in [2.05, 4.69) is 10.1 Å². The fourth-order valence-electron chi connectivity index (χ4n) is 1.13. The minimum absolute atomic E-state index is 0.0859. The van der Waals surface area contributed by atoms with Crippen LogP contribution in [-0.2, 0) is 0 Å². The summed E-state index contributed by atoms with van der Waals surface area (Å²) in [5.41, 5.74) is 6.33. The number of rotatable bonds is 0. The summed E-state index contributed by atoms with van der Waals surface area (Å²) < 4.78 is 0. The molecule has 2 N–H and O–H groups in total. The molecule has 0 amide bonds. The molecule has 0 atom stereocenters. The number of nitrogens with two attached hydrogens (primary N) is 1. The fraction of sp³-hybridized carbons (Fsp3) is 0. The molecule has 14 heavy (non-hydrogen) atoms. The highest BCUT2D eigenvalue weighted by Gasteiger charge is 2.09. The van der Waals surface area contributed by atoms with Crippen LogP contribution in [0, 0.1) is 16.5 Å². The fourth-order valence-corrected chi connectivity index (χ4v) is 1.13. The van der Waals surface area contributed by atoms with Gasteiger partial charge in [0.2, 0.25) is 0 Å². The third kappa shape index (κ3) is 1.17. The van der Waals surface area contributed by atoms with Crippen molar-refractivity contribution in [2.75, 3.05) is 5.73 Å². The maximum Gasteiger partial charge on any atom is 0.288 e. The van der Waals surface area contributed by atoms with Crippen LogP contribution in [0.1, 0.15) is 5.56 Å². The molecule has 0 bridgehead atoms. The topological polar surface area (TPSA) is 103 Å². The summed E-state index contributed by atoms with van der Waals surface area (Å²) in [4.78, 5) is 4.21. The van der Waals surface area contributed by atoms with E-state index in [9.17, 15) is 5.21 Å². The zero-order chi connectivity index (χ0) is 10.1. The molecule has 0 saturated carbocycles. The van der Waals surface area contributed by atoms with Crippen molar-refractivity contribution < 1.29 is 4.85 Å². The van der Waals surface area contributed by atoms with Gasteiger partial charge in [0.15, 0.2) is 0 Å². The lowest BCUT2D eigenvalue weighted by molar-refractivity contribution is -0.641. The minimum atomic E-state index is -0.0859. The van der Waals surface area contributed by atoms with Crippen LogP contribution in [0.15, 0.2) is 18.2 Å². The zero-order valence-electron chi connectivity index (χ0n) is 7.01. The van der Waals surface area contributed by atoms with E-state index in [1.165, 1.54) is 6.07 Å². The summed E-state index contributed by atoms with van der Waals surface area (Å²) in [5.74, 6) is -0.0859. The largest absolute Gasteiger partial charge is 0.594 e. The molecular weight excluding hydrogens is 182 g/mol. The summed E-state index contributed by atoms with van der Waals surface area (Å²) in [5, 5.41) is 23.3. The molecule has 2 aromatic rings. The molecule has 68 valence electrons. The van der Waals surface area contributed by atoms with Crippen molar-refractivity contribution in [3.8, 4) is 6.07 Å². The first-order valence-corrected chi connectivity index (χ1v) is 3.78. The highest BCUT2D eigenvalue weighted by molar-refractivity contribution is 5.73. The van der Waals surface area contributed by atoms with Crippen LogP contribution >= 0.6 is 0 Å². The molecule has 0 aliphatic rings. The minimum Gasteiger partial charge on any atom is -0.594 e. The number of fused-ring (bicyclic) bond motifs is 1. The predicted octanol–water partition coefficient (Wildman–Crippen LogP) is -0.283. The lowest BCUT2D eigenvalue weighted by Gasteiger charge is -1.98. The van der Waals surface area contributed by atoms with Gasteiger partial charge in [-0.05, 0) is 17.0 Å². The number of nitrogen functional groups attached to an aromatic ring is 1. The van der Waals surface area contributed by atoms with E-state index >= 15 is 0 Å².